The van der Waals surface area contributed by atoms with Gasteiger partial charge < -0.3 is 9.32 Å². The molecule has 0 radical (unpaired) electrons. The van der Waals surface area contributed by atoms with E-state index in [-0.39, 0.29) is 28.6 Å². The fourth-order valence-corrected chi connectivity index (χ4v) is 3.84. The van der Waals surface area contributed by atoms with Gasteiger partial charge in [-0.25, -0.2) is 12.7 Å². The average molecular weight is 434 g/mol. The SMILES string of the molecule is CN(C)S(=O)(=O)c1ccc(Cl)c(C(=O)N(Cc2cccnc2)Cc2ccco2)c1. The summed E-state index contributed by atoms with van der Waals surface area (Å²) < 4.78 is 31.4. The van der Waals surface area contributed by atoms with Crippen molar-refractivity contribution in [1.29, 1.82) is 0 Å². The molecule has 3 rings (SSSR count). The molecule has 0 saturated heterocycles. The van der Waals surface area contributed by atoms with Crippen LogP contribution in [0.2, 0.25) is 5.02 Å². The number of pyridine rings is 1. The Morgan fingerprint density at radius 3 is 2.55 bits per heavy atom. The lowest BCUT2D eigenvalue weighted by molar-refractivity contribution is 0.0717. The lowest BCUT2D eigenvalue weighted by atomic mass is 10.1. The summed E-state index contributed by atoms with van der Waals surface area (Å²) >= 11 is 6.26. The third kappa shape index (κ3) is 4.84. The minimum atomic E-state index is -3.71. The number of furan rings is 1. The highest BCUT2D eigenvalue weighted by Crippen LogP contribution is 2.25. The van der Waals surface area contributed by atoms with Crippen LogP contribution in [0.3, 0.4) is 0 Å². The molecule has 7 nitrogen and oxygen atoms in total. The van der Waals surface area contributed by atoms with Crippen molar-refractivity contribution in [2.24, 2.45) is 0 Å². The van der Waals surface area contributed by atoms with Gasteiger partial charge in [-0.05, 0) is 42.0 Å². The van der Waals surface area contributed by atoms with Gasteiger partial charge in [0.2, 0.25) is 10.0 Å². The number of nitrogens with zero attached hydrogens (tertiary/aromatic N) is 3. The first-order chi connectivity index (χ1) is 13.8. The maximum Gasteiger partial charge on any atom is 0.256 e. The second-order valence-corrected chi connectivity index (χ2v) is 9.09. The minimum absolute atomic E-state index is 0.00502. The highest BCUT2D eigenvalue weighted by molar-refractivity contribution is 7.89. The quantitative estimate of drug-likeness (QED) is 0.570. The first-order valence-corrected chi connectivity index (χ1v) is 10.5. The Morgan fingerprint density at radius 2 is 1.93 bits per heavy atom. The fourth-order valence-electron chi connectivity index (χ4n) is 2.71. The number of aromatic nitrogens is 1. The Hall–Kier alpha value is -2.68. The van der Waals surface area contributed by atoms with Crippen molar-refractivity contribution in [2.45, 2.75) is 18.0 Å². The van der Waals surface area contributed by atoms with Gasteiger partial charge in [-0.15, -0.1) is 0 Å². The number of sulfonamides is 1. The van der Waals surface area contributed by atoms with Crippen LogP contribution in [0.5, 0.6) is 0 Å². The van der Waals surface area contributed by atoms with Crippen molar-refractivity contribution in [3.63, 3.8) is 0 Å². The predicted octanol–water partition coefficient (Wildman–Crippen LogP) is 3.42. The summed E-state index contributed by atoms with van der Waals surface area (Å²) in [6.45, 7) is 0.454. The van der Waals surface area contributed by atoms with Crippen LogP contribution in [0.15, 0.2) is 70.4 Å². The van der Waals surface area contributed by atoms with Gasteiger partial charge in [-0.3, -0.25) is 9.78 Å². The molecular weight excluding hydrogens is 414 g/mol. The number of benzene rings is 1. The van der Waals surface area contributed by atoms with Crippen LogP contribution < -0.4 is 0 Å². The zero-order valence-electron chi connectivity index (χ0n) is 15.9. The summed E-state index contributed by atoms with van der Waals surface area (Å²) in [7, 11) is -0.853. The summed E-state index contributed by atoms with van der Waals surface area (Å²) in [5.41, 5.74) is 0.922. The lowest BCUT2D eigenvalue weighted by Gasteiger charge is -2.23. The van der Waals surface area contributed by atoms with Crippen molar-refractivity contribution >= 4 is 27.5 Å². The fraction of sp³-hybridized carbons (Fsp3) is 0.200. The van der Waals surface area contributed by atoms with E-state index in [1.807, 2.05) is 6.07 Å². The van der Waals surface area contributed by atoms with Crippen LogP contribution in [-0.4, -0.2) is 42.6 Å². The summed E-state index contributed by atoms with van der Waals surface area (Å²) in [6, 6.07) is 11.2. The average Bonchev–Trinajstić information content (AvgIpc) is 3.21. The molecule has 0 N–H and O–H groups in total. The molecule has 0 spiro atoms. The maximum atomic E-state index is 13.3. The van der Waals surface area contributed by atoms with Gasteiger partial charge in [0.15, 0.2) is 0 Å². The van der Waals surface area contributed by atoms with Crippen molar-refractivity contribution in [1.82, 2.24) is 14.2 Å². The van der Waals surface area contributed by atoms with Crippen molar-refractivity contribution in [3.8, 4) is 0 Å². The number of rotatable bonds is 7. The van der Waals surface area contributed by atoms with E-state index in [4.69, 9.17) is 16.0 Å². The van der Waals surface area contributed by atoms with Crippen molar-refractivity contribution in [3.05, 3.63) is 83.0 Å². The molecule has 0 unspecified atom stereocenters. The smallest absolute Gasteiger partial charge is 0.256 e. The van der Waals surface area contributed by atoms with Gasteiger partial charge in [0.1, 0.15) is 5.76 Å². The third-order valence-electron chi connectivity index (χ3n) is 4.26. The van der Waals surface area contributed by atoms with Gasteiger partial charge in [0.05, 0.1) is 28.3 Å². The van der Waals surface area contributed by atoms with Gasteiger partial charge in [0.25, 0.3) is 5.91 Å². The first-order valence-electron chi connectivity index (χ1n) is 8.71. The second kappa shape index (κ2) is 8.77. The monoisotopic (exact) mass is 433 g/mol. The largest absolute Gasteiger partial charge is 0.467 e. The molecule has 3 aromatic rings. The molecule has 2 heterocycles. The van der Waals surface area contributed by atoms with Crippen LogP contribution >= 0.6 is 11.6 Å². The van der Waals surface area contributed by atoms with E-state index in [0.29, 0.717) is 5.76 Å². The van der Waals surface area contributed by atoms with Crippen molar-refractivity contribution < 1.29 is 17.6 Å². The van der Waals surface area contributed by atoms with Crippen molar-refractivity contribution in [2.75, 3.05) is 14.1 Å². The lowest BCUT2D eigenvalue weighted by Crippen LogP contribution is -2.30. The predicted molar refractivity (Wildman–Crippen MR) is 109 cm³/mol. The molecule has 0 aliphatic rings. The van der Waals surface area contributed by atoms with E-state index in [1.165, 1.54) is 43.5 Å². The highest BCUT2D eigenvalue weighted by atomic mass is 35.5. The molecular formula is C20H20ClN3O4S. The van der Waals surface area contributed by atoms with Crippen LogP contribution in [0.1, 0.15) is 21.7 Å². The Balaban J connectivity index is 1.98. The van der Waals surface area contributed by atoms with Crippen LogP contribution in [-0.2, 0) is 23.1 Å². The van der Waals surface area contributed by atoms with Crippen LogP contribution in [0.25, 0.3) is 0 Å². The van der Waals surface area contributed by atoms with E-state index >= 15 is 0 Å². The number of hydrogen-bond acceptors (Lipinski definition) is 5. The topological polar surface area (TPSA) is 83.7 Å². The molecule has 152 valence electrons. The molecule has 1 amide bonds. The molecule has 0 bridgehead atoms. The zero-order valence-corrected chi connectivity index (χ0v) is 17.5. The number of hydrogen-bond donors (Lipinski definition) is 0. The van der Waals surface area contributed by atoms with E-state index in [0.717, 1.165) is 9.87 Å². The zero-order chi connectivity index (χ0) is 21.0. The number of halogens is 1. The summed E-state index contributed by atoms with van der Waals surface area (Å²) in [5.74, 6) is 0.182. The molecule has 0 aliphatic carbocycles. The van der Waals surface area contributed by atoms with Crippen LogP contribution in [0.4, 0.5) is 0 Å². The molecule has 0 fully saturated rings. The number of carbonyl (C=O) groups excluding carboxylic acids is 1. The normalized spacial score (nSPS) is 11.6. The Labute approximate surface area is 174 Å². The van der Waals surface area contributed by atoms with Gasteiger partial charge >= 0.3 is 0 Å². The molecule has 2 aromatic heterocycles. The van der Waals surface area contributed by atoms with E-state index in [1.54, 1.807) is 30.6 Å². The maximum absolute atomic E-state index is 13.3. The highest BCUT2D eigenvalue weighted by Gasteiger charge is 2.24. The summed E-state index contributed by atoms with van der Waals surface area (Å²) in [6.07, 6.45) is 4.84. The summed E-state index contributed by atoms with van der Waals surface area (Å²) in [4.78, 5) is 18.9. The molecule has 9 heteroatoms. The molecule has 0 atom stereocenters. The Kier molecular flexibility index (Phi) is 6.36. The van der Waals surface area contributed by atoms with Gasteiger partial charge in [-0.2, -0.15) is 0 Å². The standard InChI is InChI=1S/C20H20ClN3O4S/c1-23(2)29(26,27)17-7-8-19(21)18(11-17)20(25)24(14-16-6-4-10-28-16)13-15-5-3-9-22-12-15/h3-12H,13-14H2,1-2H3. The van der Waals surface area contributed by atoms with E-state index in [9.17, 15) is 13.2 Å². The molecule has 1 aromatic carbocycles. The molecule has 0 saturated carbocycles. The summed E-state index contributed by atoms with van der Waals surface area (Å²) in [5, 5.41) is 0.170. The minimum Gasteiger partial charge on any atom is -0.467 e. The van der Waals surface area contributed by atoms with Crippen LogP contribution in [0, 0.1) is 0 Å². The Morgan fingerprint density at radius 1 is 1.14 bits per heavy atom. The Bertz CT molecular complexity index is 1080. The number of carbonyl (C=O) groups is 1. The number of amides is 1. The third-order valence-corrected chi connectivity index (χ3v) is 6.40. The van der Waals surface area contributed by atoms with Gasteiger partial charge in [0, 0.05) is 33.0 Å². The van der Waals surface area contributed by atoms with Gasteiger partial charge in [-0.1, -0.05) is 17.7 Å². The molecule has 0 aliphatic heterocycles. The van der Waals surface area contributed by atoms with E-state index < -0.39 is 15.9 Å². The second-order valence-electron chi connectivity index (χ2n) is 6.53. The first kappa shape index (κ1) is 21.0. The molecule has 29 heavy (non-hydrogen) atoms. The van der Waals surface area contributed by atoms with E-state index in [2.05, 4.69) is 4.98 Å².